The molecule has 7 nitrogen and oxygen atoms in total. The first-order valence-electron chi connectivity index (χ1n) is 6.61. The summed E-state index contributed by atoms with van der Waals surface area (Å²) in [5, 5.41) is 2.58. The zero-order valence-electron chi connectivity index (χ0n) is 11.8. The minimum absolute atomic E-state index is 0.131. The quantitative estimate of drug-likeness (QED) is 0.653. The second-order valence-electron chi connectivity index (χ2n) is 4.95. The molecule has 0 saturated heterocycles. The average Bonchev–Trinajstić information content (AvgIpc) is 2.92. The number of hydrogen-bond donors (Lipinski definition) is 3. The Labute approximate surface area is 123 Å². The van der Waals surface area contributed by atoms with E-state index in [4.69, 9.17) is 10.5 Å². The van der Waals surface area contributed by atoms with E-state index in [1.807, 2.05) is 0 Å². The van der Waals surface area contributed by atoms with Crippen molar-refractivity contribution in [3.8, 4) is 0 Å². The number of nitrogens with one attached hydrogen (secondary N) is 2. The van der Waals surface area contributed by atoms with Gasteiger partial charge in [-0.2, -0.15) is 0 Å². The van der Waals surface area contributed by atoms with Gasteiger partial charge in [-0.3, -0.25) is 4.79 Å². The van der Waals surface area contributed by atoms with Crippen LogP contribution in [0.25, 0.3) is 0 Å². The van der Waals surface area contributed by atoms with Crippen LogP contribution in [0.5, 0.6) is 0 Å². The smallest absolute Gasteiger partial charge is 0.241 e. The van der Waals surface area contributed by atoms with Gasteiger partial charge in [0.2, 0.25) is 15.9 Å². The maximum Gasteiger partial charge on any atom is 0.241 e. The lowest BCUT2D eigenvalue weighted by atomic mass is 10.1. The molecule has 1 heterocycles. The van der Waals surface area contributed by atoms with E-state index >= 15 is 0 Å². The molecule has 1 atom stereocenters. The molecule has 8 heteroatoms. The highest BCUT2D eigenvalue weighted by atomic mass is 32.2. The van der Waals surface area contributed by atoms with Crippen molar-refractivity contribution in [1.29, 1.82) is 0 Å². The first-order valence-corrected chi connectivity index (χ1v) is 8.09. The molecule has 1 amide bonds. The van der Waals surface area contributed by atoms with Gasteiger partial charge in [0, 0.05) is 12.6 Å². The number of rotatable bonds is 6. The second-order valence-corrected chi connectivity index (χ2v) is 6.72. The summed E-state index contributed by atoms with van der Waals surface area (Å²) in [7, 11) is -3.72. The number of benzene rings is 1. The summed E-state index contributed by atoms with van der Waals surface area (Å²) in [6.45, 7) is 2.63. The Kier molecular flexibility index (Phi) is 4.94. The Morgan fingerprint density at radius 1 is 1.38 bits per heavy atom. The minimum atomic E-state index is -3.72. The Morgan fingerprint density at radius 2 is 2.10 bits per heavy atom. The van der Waals surface area contributed by atoms with E-state index in [1.54, 1.807) is 19.1 Å². The molecule has 2 rings (SSSR count). The number of sulfonamides is 1. The standard InChI is InChI=1S/C13H19N3O4S/c1-9(5-14)16-13(17)6-15-21(18,19)12-3-2-10-7-20-8-11(10)4-12/h2-4,9,15H,5-8,14H2,1H3,(H,16,17)/t9-/m0/s1. The first-order chi connectivity index (χ1) is 9.92. The maximum absolute atomic E-state index is 12.1. The average molecular weight is 313 g/mol. The van der Waals surface area contributed by atoms with Gasteiger partial charge in [0.15, 0.2) is 0 Å². The van der Waals surface area contributed by atoms with Gasteiger partial charge >= 0.3 is 0 Å². The molecule has 1 aromatic rings. The third-order valence-corrected chi connectivity index (χ3v) is 4.59. The molecular weight excluding hydrogens is 294 g/mol. The number of carbonyl (C=O) groups excluding carboxylic acids is 1. The molecule has 0 spiro atoms. The maximum atomic E-state index is 12.1. The van der Waals surface area contributed by atoms with Crippen molar-refractivity contribution in [2.45, 2.75) is 31.1 Å². The van der Waals surface area contributed by atoms with Gasteiger partial charge in [0.25, 0.3) is 0 Å². The lowest BCUT2D eigenvalue weighted by Gasteiger charge is -2.12. The molecule has 1 aliphatic heterocycles. The molecule has 1 aliphatic rings. The highest BCUT2D eigenvalue weighted by Crippen LogP contribution is 2.22. The molecule has 0 aliphatic carbocycles. The highest BCUT2D eigenvalue weighted by Gasteiger charge is 2.19. The summed E-state index contributed by atoms with van der Waals surface area (Å²) in [5.41, 5.74) is 7.23. The molecule has 0 radical (unpaired) electrons. The summed E-state index contributed by atoms with van der Waals surface area (Å²) >= 11 is 0. The molecule has 1 aromatic carbocycles. The third-order valence-electron chi connectivity index (χ3n) is 3.19. The Bertz CT molecular complexity index is 630. The van der Waals surface area contributed by atoms with Crippen molar-refractivity contribution in [3.05, 3.63) is 29.3 Å². The fourth-order valence-electron chi connectivity index (χ4n) is 1.94. The summed E-state index contributed by atoms with van der Waals surface area (Å²) < 4.78 is 31.8. The topological polar surface area (TPSA) is 111 Å². The monoisotopic (exact) mass is 313 g/mol. The summed E-state index contributed by atoms with van der Waals surface area (Å²) in [6, 6.07) is 4.62. The van der Waals surface area contributed by atoms with E-state index in [0.717, 1.165) is 11.1 Å². The zero-order valence-corrected chi connectivity index (χ0v) is 12.6. The van der Waals surface area contributed by atoms with Crippen LogP contribution in [-0.2, 0) is 32.8 Å². The van der Waals surface area contributed by atoms with Crippen LogP contribution in [-0.4, -0.2) is 33.5 Å². The fraction of sp³-hybridized carbons (Fsp3) is 0.462. The van der Waals surface area contributed by atoms with E-state index in [-0.39, 0.29) is 17.5 Å². The van der Waals surface area contributed by atoms with Gasteiger partial charge in [-0.25, -0.2) is 13.1 Å². The SMILES string of the molecule is C[C@@H](CN)NC(=O)CNS(=O)(=O)c1ccc2c(c1)COC2. The normalized spacial score (nSPS) is 15.5. The van der Waals surface area contributed by atoms with Gasteiger partial charge in [0.05, 0.1) is 24.7 Å². The molecule has 0 bridgehead atoms. The van der Waals surface area contributed by atoms with Crippen molar-refractivity contribution < 1.29 is 17.9 Å². The van der Waals surface area contributed by atoms with Crippen molar-refractivity contribution in [2.75, 3.05) is 13.1 Å². The van der Waals surface area contributed by atoms with Crippen molar-refractivity contribution in [1.82, 2.24) is 10.0 Å². The van der Waals surface area contributed by atoms with Crippen LogP contribution < -0.4 is 15.8 Å². The fourth-order valence-corrected chi connectivity index (χ4v) is 2.98. The van der Waals surface area contributed by atoms with E-state index in [9.17, 15) is 13.2 Å². The van der Waals surface area contributed by atoms with Gasteiger partial charge in [0.1, 0.15) is 0 Å². The third kappa shape index (κ3) is 4.01. The van der Waals surface area contributed by atoms with Gasteiger partial charge in [-0.1, -0.05) is 6.07 Å². The van der Waals surface area contributed by atoms with Gasteiger partial charge in [-0.15, -0.1) is 0 Å². The summed E-state index contributed by atoms with van der Waals surface area (Å²) in [5.74, 6) is -0.416. The van der Waals surface area contributed by atoms with Crippen molar-refractivity contribution in [2.24, 2.45) is 5.73 Å². The van der Waals surface area contributed by atoms with Gasteiger partial charge < -0.3 is 15.8 Å². The van der Waals surface area contributed by atoms with Crippen LogP contribution in [0.15, 0.2) is 23.1 Å². The Hall–Kier alpha value is -1.48. The lowest BCUT2D eigenvalue weighted by molar-refractivity contribution is -0.120. The molecule has 0 fully saturated rings. The molecule has 0 unspecified atom stereocenters. The van der Waals surface area contributed by atoms with Crippen molar-refractivity contribution in [3.63, 3.8) is 0 Å². The van der Waals surface area contributed by atoms with E-state index in [1.165, 1.54) is 6.07 Å². The summed E-state index contributed by atoms with van der Waals surface area (Å²) in [4.78, 5) is 11.7. The van der Waals surface area contributed by atoms with Crippen LogP contribution in [0.1, 0.15) is 18.1 Å². The molecule has 0 aromatic heterocycles. The highest BCUT2D eigenvalue weighted by molar-refractivity contribution is 7.89. The Morgan fingerprint density at radius 3 is 2.81 bits per heavy atom. The minimum Gasteiger partial charge on any atom is -0.372 e. The number of fused-ring (bicyclic) bond motifs is 1. The van der Waals surface area contributed by atoms with E-state index in [2.05, 4.69) is 10.0 Å². The first kappa shape index (κ1) is 15.9. The van der Waals surface area contributed by atoms with Gasteiger partial charge in [-0.05, 0) is 30.2 Å². The molecule has 116 valence electrons. The van der Waals surface area contributed by atoms with Crippen LogP contribution in [0, 0.1) is 0 Å². The number of amides is 1. The molecule has 0 saturated carbocycles. The van der Waals surface area contributed by atoms with E-state index in [0.29, 0.717) is 19.8 Å². The van der Waals surface area contributed by atoms with Crippen LogP contribution in [0.2, 0.25) is 0 Å². The second kappa shape index (κ2) is 6.52. The van der Waals surface area contributed by atoms with E-state index < -0.39 is 15.9 Å². The largest absolute Gasteiger partial charge is 0.372 e. The van der Waals surface area contributed by atoms with Crippen LogP contribution in [0.4, 0.5) is 0 Å². The zero-order chi connectivity index (χ0) is 15.5. The number of hydrogen-bond acceptors (Lipinski definition) is 5. The number of carbonyl (C=O) groups is 1. The number of nitrogens with two attached hydrogens (primary N) is 1. The van der Waals surface area contributed by atoms with Crippen LogP contribution in [0.3, 0.4) is 0 Å². The lowest BCUT2D eigenvalue weighted by Crippen LogP contribution is -2.43. The Balaban J connectivity index is 2.00. The number of ether oxygens (including phenoxy) is 1. The molecule has 21 heavy (non-hydrogen) atoms. The van der Waals surface area contributed by atoms with Crippen LogP contribution >= 0.6 is 0 Å². The molecule has 4 N–H and O–H groups in total. The predicted octanol–water partition coefficient (Wildman–Crippen LogP) is -0.541. The predicted molar refractivity (Wildman–Crippen MR) is 76.8 cm³/mol. The summed E-state index contributed by atoms with van der Waals surface area (Å²) in [6.07, 6.45) is 0. The van der Waals surface area contributed by atoms with Crippen molar-refractivity contribution >= 4 is 15.9 Å². The molecular formula is C13H19N3O4S.